The van der Waals surface area contributed by atoms with Gasteiger partial charge in [-0.05, 0) is 56.0 Å². The number of aryl methyl sites for hydroxylation is 1. The van der Waals surface area contributed by atoms with E-state index in [0.29, 0.717) is 13.0 Å². The summed E-state index contributed by atoms with van der Waals surface area (Å²) in [5.41, 5.74) is 2.57. The number of rotatable bonds is 6. The van der Waals surface area contributed by atoms with Crippen molar-refractivity contribution in [2.75, 3.05) is 7.05 Å². The number of halogens is 1. The number of amides is 2. The van der Waals surface area contributed by atoms with Gasteiger partial charge in [-0.15, -0.1) is 0 Å². The van der Waals surface area contributed by atoms with Crippen molar-refractivity contribution in [3.63, 3.8) is 0 Å². The number of hydrogen-bond acceptors (Lipinski definition) is 2. The highest BCUT2D eigenvalue weighted by molar-refractivity contribution is 5.74. The fourth-order valence-electron chi connectivity index (χ4n) is 2.61. The number of carbonyl (C=O) groups is 1. The van der Waals surface area contributed by atoms with E-state index in [1.807, 2.05) is 32.2 Å². The van der Waals surface area contributed by atoms with Gasteiger partial charge in [0, 0.05) is 18.8 Å². The van der Waals surface area contributed by atoms with Crippen molar-refractivity contribution in [2.24, 2.45) is 0 Å². The molecular formula is C20H26FN3O. The lowest BCUT2D eigenvalue weighted by Gasteiger charge is -2.29. The van der Waals surface area contributed by atoms with Crippen LogP contribution in [-0.2, 0) is 19.4 Å². The van der Waals surface area contributed by atoms with Gasteiger partial charge < -0.3 is 10.2 Å². The summed E-state index contributed by atoms with van der Waals surface area (Å²) in [7, 11) is 1.75. The third-order valence-electron chi connectivity index (χ3n) is 4.04. The molecule has 2 rings (SSSR count). The number of aromatic nitrogens is 1. The van der Waals surface area contributed by atoms with Crippen molar-refractivity contribution < 1.29 is 9.18 Å². The monoisotopic (exact) mass is 343 g/mol. The van der Waals surface area contributed by atoms with E-state index in [4.69, 9.17) is 0 Å². The Morgan fingerprint density at radius 1 is 1.16 bits per heavy atom. The summed E-state index contributed by atoms with van der Waals surface area (Å²) < 4.78 is 13.0. The first-order valence-corrected chi connectivity index (χ1v) is 8.50. The Morgan fingerprint density at radius 3 is 2.36 bits per heavy atom. The maximum Gasteiger partial charge on any atom is 0.317 e. The summed E-state index contributed by atoms with van der Waals surface area (Å²) in [5.74, 6) is -0.257. The lowest BCUT2D eigenvalue weighted by atomic mass is 9.95. The molecule has 5 heteroatoms. The molecule has 25 heavy (non-hydrogen) atoms. The molecule has 0 aliphatic heterocycles. The maximum absolute atomic E-state index is 13.0. The van der Waals surface area contributed by atoms with Crippen LogP contribution in [0.15, 0.2) is 42.6 Å². The predicted octanol–water partition coefficient (Wildman–Crippen LogP) is 3.95. The van der Waals surface area contributed by atoms with E-state index in [9.17, 15) is 9.18 Å². The smallest absolute Gasteiger partial charge is 0.317 e. The van der Waals surface area contributed by atoms with Gasteiger partial charge in [0.25, 0.3) is 0 Å². The molecule has 2 amide bonds. The normalized spacial score (nSPS) is 11.2. The van der Waals surface area contributed by atoms with E-state index < -0.39 is 5.54 Å². The summed E-state index contributed by atoms with van der Waals surface area (Å²) in [6.07, 6.45) is 3.41. The first kappa shape index (κ1) is 18.9. The van der Waals surface area contributed by atoms with Crippen LogP contribution in [0.2, 0.25) is 0 Å². The van der Waals surface area contributed by atoms with Gasteiger partial charge in [-0.1, -0.05) is 25.1 Å². The second-order valence-corrected chi connectivity index (χ2v) is 6.98. The van der Waals surface area contributed by atoms with E-state index in [2.05, 4.69) is 17.2 Å². The van der Waals surface area contributed by atoms with Gasteiger partial charge in [-0.3, -0.25) is 4.98 Å². The van der Waals surface area contributed by atoms with Gasteiger partial charge in [-0.25, -0.2) is 9.18 Å². The van der Waals surface area contributed by atoms with Crippen LogP contribution in [0.4, 0.5) is 9.18 Å². The molecule has 0 radical (unpaired) electrons. The van der Waals surface area contributed by atoms with Crippen LogP contribution in [0, 0.1) is 5.82 Å². The first-order chi connectivity index (χ1) is 11.8. The average molecular weight is 343 g/mol. The highest BCUT2D eigenvalue weighted by Crippen LogP contribution is 2.14. The minimum atomic E-state index is -0.442. The minimum Gasteiger partial charge on any atom is -0.333 e. The van der Waals surface area contributed by atoms with E-state index in [1.54, 1.807) is 24.1 Å². The number of nitrogens with zero attached hydrogens (tertiary/aromatic N) is 2. The average Bonchev–Trinajstić information content (AvgIpc) is 2.57. The Balaban J connectivity index is 1.92. The molecule has 0 atom stereocenters. The molecule has 0 aliphatic rings. The fraction of sp³-hybridized carbons (Fsp3) is 0.400. The lowest BCUT2D eigenvalue weighted by molar-refractivity contribution is 0.194. The number of urea groups is 1. The van der Waals surface area contributed by atoms with Crippen molar-refractivity contribution in [2.45, 2.75) is 45.7 Å². The summed E-state index contributed by atoms with van der Waals surface area (Å²) in [5, 5.41) is 3.03. The van der Waals surface area contributed by atoms with E-state index in [1.165, 1.54) is 17.7 Å². The zero-order valence-electron chi connectivity index (χ0n) is 15.3. The minimum absolute atomic E-state index is 0.159. The Hall–Kier alpha value is -2.43. The summed E-state index contributed by atoms with van der Waals surface area (Å²) in [6.45, 7) is 6.44. The number of carbonyl (C=O) groups excluding carboxylic acids is 1. The van der Waals surface area contributed by atoms with Crippen LogP contribution < -0.4 is 5.32 Å². The quantitative estimate of drug-likeness (QED) is 0.863. The lowest BCUT2D eigenvalue weighted by Crippen LogP contribution is -2.50. The van der Waals surface area contributed by atoms with E-state index in [0.717, 1.165) is 17.7 Å². The van der Waals surface area contributed by atoms with Gasteiger partial charge in [0.1, 0.15) is 5.82 Å². The van der Waals surface area contributed by atoms with Crippen LogP contribution >= 0.6 is 0 Å². The summed E-state index contributed by atoms with van der Waals surface area (Å²) in [6, 6.07) is 10.2. The highest BCUT2D eigenvalue weighted by atomic mass is 19.1. The third kappa shape index (κ3) is 5.85. The van der Waals surface area contributed by atoms with Crippen LogP contribution in [-0.4, -0.2) is 28.5 Å². The molecule has 0 bridgehead atoms. The molecule has 1 heterocycles. The Labute approximate surface area is 149 Å². The van der Waals surface area contributed by atoms with Crippen molar-refractivity contribution in [1.29, 1.82) is 0 Å². The zero-order chi connectivity index (χ0) is 18.4. The maximum atomic E-state index is 13.0. The van der Waals surface area contributed by atoms with Crippen molar-refractivity contribution in [3.05, 3.63) is 65.2 Å². The van der Waals surface area contributed by atoms with E-state index >= 15 is 0 Å². The number of nitrogens with one attached hydrogen (secondary N) is 1. The molecule has 0 saturated heterocycles. The van der Waals surface area contributed by atoms with Crippen molar-refractivity contribution >= 4 is 6.03 Å². The number of pyridine rings is 1. The van der Waals surface area contributed by atoms with Gasteiger partial charge in [0.05, 0.1) is 12.2 Å². The number of hydrogen-bond donors (Lipinski definition) is 1. The van der Waals surface area contributed by atoms with Crippen LogP contribution in [0.3, 0.4) is 0 Å². The molecule has 1 aromatic heterocycles. The van der Waals surface area contributed by atoms with E-state index in [-0.39, 0.29) is 11.8 Å². The molecule has 134 valence electrons. The Kier molecular flexibility index (Phi) is 6.12. The van der Waals surface area contributed by atoms with Gasteiger partial charge >= 0.3 is 6.03 Å². The summed E-state index contributed by atoms with van der Waals surface area (Å²) in [4.78, 5) is 18.5. The third-order valence-corrected chi connectivity index (χ3v) is 4.04. The van der Waals surface area contributed by atoms with Crippen LogP contribution in [0.5, 0.6) is 0 Å². The van der Waals surface area contributed by atoms with Gasteiger partial charge in [0.15, 0.2) is 0 Å². The largest absolute Gasteiger partial charge is 0.333 e. The molecule has 0 fully saturated rings. The molecule has 0 aliphatic carbocycles. The Morgan fingerprint density at radius 2 is 1.80 bits per heavy atom. The molecule has 2 aromatic rings. The molecule has 0 spiro atoms. The first-order valence-electron chi connectivity index (χ1n) is 8.50. The van der Waals surface area contributed by atoms with Crippen molar-refractivity contribution in [1.82, 2.24) is 15.2 Å². The molecule has 1 aromatic carbocycles. The second kappa shape index (κ2) is 8.10. The molecule has 4 nitrogen and oxygen atoms in total. The standard InChI is InChI=1S/C20H26FN3O/c1-5-15-8-11-18(22-13-15)14-24(4)19(25)23-20(2,3)12-16-6-9-17(21)10-7-16/h6-11,13H,5,12,14H2,1-4H3,(H,23,25). The highest BCUT2D eigenvalue weighted by Gasteiger charge is 2.23. The molecule has 0 unspecified atom stereocenters. The predicted molar refractivity (Wildman–Crippen MR) is 97.8 cm³/mol. The Bertz CT molecular complexity index is 696. The second-order valence-electron chi connectivity index (χ2n) is 6.98. The SMILES string of the molecule is CCc1ccc(CN(C)C(=O)NC(C)(C)Cc2ccc(F)cc2)nc1. The van der Waals surface area contributed by atoms with Crippen LogP contribution in [0.1, 0.15) is 37.6 Å². The summed E-state index contributed by atoms with van der Waals surface area (Å²) >= 11 is 0. The van der Waals surface area contributed by atoms with Crippen LogP contribution in [0.25, 0.3) is 0 Å². The molecular weight excluding hydrogens is 317 g/mol. The molecule has 0 saturated carbocycles. The fourth-order valence-corrected chi connectivity index (χ4v) is 2.61. The van der Waals surface area contributed by atoms with Crippen molar-refractivity contribution in [3.8, 4) is 0 Å². The molecule has 1 N–H and O–H groups in total. The topological polar surface area (TPSA) is 45.2 Å². The zero-order valence-corrected chi connectivity index (χ0v) is 15.3. The van der Waals surface area contributed by atoms with Gasteiger partial charge in [0.2, 0.25) is 0 Å². The van der Waals surface area contributed by atoms with Gasteiger partial charge in [-0.2, -0.15) is 0 Å². The number of benzene rings is 1.